The molecule has 6 rings (SSSR count). The van der Waals surface area contributed by atoms with E-state index in [4.69, 9.17) is 33.9 Å². The van der Waals surface area contributed by atoms with Gasteiger partial charge < -0.3 is 75.4 Å². The first-order valence-electron chi connectivity index (χ1n) is 42.6. The Kier molecular flexibility index (Phi) is 53.1. The van der Waals surface area contributed by atoms with Crippen LogP contribution < -0.4 is 42.4 Å². The average molecular weight is 1800 g/mol. The first kappa shape index (κ1) is 112. The monoisotopic (exact) mass is 1800 g/mol. The number of nitrogens with one attached hydrogen (secondary N) is 3. The fourth-order valence-corrected chi connectivity index (χ4v) is 15.4. The average Bonchev–Trinajstić information content (AvgIpc) is 0.795. The van der Waals surface area contributed by atoms with Crippen molar-refractivity contribution in [3.63, 3.8) is 0 Å². The second-order valence-electron chi connectivity index (χ2n) is 33.6. The number of halogens is 1. The molecule has 3 unspecified atom stereocenters. The van der Waals surface area contributed by atoms with E-state index in [0.717, 1.165) is 109 Å². The van der Waals surface area contributed by atoms with Gasteiger partial charge in [-0.1, -0.05) is 216 Å². The van der Waals surface area contributed by atoms with Crippen LogP contribution in [0.2, 0.25) is 0 Å². The van der Waals surface area contributed by atoms with Crippen molar-refractivity contribution in [3.8, 4) is 45.6 Å². The van der Waals surface area contributed by atoms with Crippen LogP contribution in [-0.4, -0.2) is 212 Å². The van der Waals surface area contributed by atoms with Crippen LogP contribution in [0.4, 0.5) is 4.79 Å². The summed E-state index contributed by atoms with van der Waals surface area (Å²) in [6.07, 6.45) is 18.9. The number of unbranched alkanes of at least 4 members (excludes halogenated alkanes) is 6. The number of rotatable bonds is 47. The number of amides is 3. The molecule has 0 aliphatic heterocycles. The third kappa shape index (κ3) is 41.6. The van der Waals surface area contributed by atoms with Crippen LogP contribution in [-0.2, 0) is 39.5 Å². The molecular formula is C96H142ClN7O19S2. The molecular weight excluding hydrogens is 1650 g/mol. The van der Waals surface area contributed by atoms with E-state index in [-0.39, 0.29) is 124 Å². The molecule has 2 aromatic heterocycles. The molecule has 0 aliphatic carbocycles. The fourth-order valence-electron chi connectivity index (χ4n) is 13.2. The Bertz CT molecular complexity index is 4380. The van der Waals surface area contributed by atoms with E-state index in [1.165, 1.54) is 32.9 Å². The number of likely N-dealkylation sites (N-methyl/N-ethyl adjacent to an activating group) is 3. The van der Waals surface area contributed by atoms with Crippen molar-refractivity contribution in [2.45, 2.75) is 234 Å². The number of carbonyl (C=O) groups is 6. The molecule has 4 aromatic carbocycles. The van der Waals surface area contributed by atoms with Crippen LogP contribution in [0, 0.1) is 17.8 Å². The molecule has 9 atom stereocenters. The van der Waals surface area contributed by atoms with E-state index in [1.54, 1.807) is 79.3 Å². The van der Waals surface area contributed by atoms with Gasteiger partial charge in [0.1, 0.15) is 68.3 Å². The number of allylic oxidation sites excluding steroid dienone is 4. The van der Waals surface area contributed by atoms with Gasteiger partial charge in [-0.15, -0.1) is 12.4 Å². The number of nitrogens with two attached hydrogens (primary N) is 1. The largest absolute Gasteiger partial charge is 0.506 e. The number of hydrogen-bond acceptors (Lipinski definition) is 25. The van der Waals surface area contributed by atoms with Crippen molar-refractivity contribution in [2.75, 3.05) is 94.9 Å². The molecule has 6 aromatic rings. The molecule has 0 radical (unpaired) electrons. The molecule has 2 heterocycles. The lowest BCUT2D eigenvalue weighted by Gasteiger charge is -2.30. The summed E-state index contributed by atoms with van der Waals surface area (Å²) in [4.78, 5) is 104. The molecule has 29 heteroatoms. The fraction of sp³-hybridized carbons (Fsp3) is 0.521. The van der Waals surface area contributed by atoms with Gasteiger partial charge in [-0.05, 0) is 197 Å². The summed E-state index contributed by atoms with van der Waals surface area (Å²) >= 11 is 2.28. The van der Waals surface area contributed by atoms with Gasteiger partial charge in [0.25, 0.3) is 11.8 Å². The number of ether oxygens (including phenoxy) is 3. The van der Waals surface area contributed by atoms with Crippen LogP contribution in [0.15, 0.2) is 184 Å². The predicted molar refractivity (Wildman–Crippen MR) is 501 cm³/mol. The van der Waals surface area contributed by atoms with Gasteiger partial charge in [0, 0.05) is 52.7 Å². The predicted octanol–water partition coefficient (Wildman–Crippen LogP) is 14.9. The summed E-state index contributed by atoms with van der Waals surface area (Å²) in [5.74, 6) is 0.787. The third-order valence-corrected chi connectivity index (χ3v) is 22.3. The second-order valence-corrected chi connectivity index (χ2v) is 35.7. The van der Waals surface area contributed by atoms with Gasteiger partial charge in [-0.25, -0.2) is 14.4 Å². The number of Topliss-reactive ketones (excluding diaryl/α,β-unsaturated/α-hetero) is 3. The van der Waals surface area contributed by atoms with Crippen molar-refractivity contribution >= 4 is 71.2 Å². The standard InChI is InChI=1S/C42H57N3O9S.C29H36N2O5S.C13H25NO2.C12H23NO3.ClH/c1-28(38(49)37(29(2)46)45(6)7)17-13-16-24-52-41(51)44-23-15-9-8-14-22-43-36(48)27-53-31-20-21-35(32(25-31)42(3,4)5)55-39-33(47)26-34(54-40(39)50)30-18-11-10-12-19-30;1-29(2,3)22-17-21(35-19-26(33)31-16-10-5-4-9-15-30)13-14-25(22)37-27-23(32)18-24(36-28(27)34)20-11-7-6-8-12-20;1-6-7-8-9-10(2)13(16)12(11(3)15)14(4)5;1-9(7-5-6-8-14)12(16)11(10(2)15)13(3)4;/h10-13,16,18-21,25-26,28,37-38,47,49H,8-9,14-15,17,22-24,27H2,1-7H3,(H,43,48)(H,44,51);6-8,11-14,17-18,32H,4-5,9-10,15-16,19,30H2,1-3H3,(H,31,33);7-8,10,12-13,16H,6,9H2,1-5H3;5-6,9,11-12,14,16H,7-8H2,1-4H3;1H/b16-13+;;8-7+;6-5+;/t;;10-,12-,13-;9-,11-,12-;/m..11./s1. The Hall–Kier alpha value is -8.91. The van der Waals surface area contributed by atoms with Crippen LogP contribution in [0.1, 0.15) is 178 Å². The molecule has 0 bridgehead atoms. The zero-order valence-electron chi connectivity index (χ0n) is 76.8. The molecule has 0 spiro atoms. The summed E-state index contributed by atoms with van der Waals surface area (Å²) in [6, 6.07) is 30.6. The lowest BCUT2D eigenvalue weighted by molar-refractivity contribution is -0.127. The van der Waals surface area contributed by atoms with Crippen LogP contribution in [0.5, 0.6) is 23.0 Å². The van der Waals surface area contributed by atoms with E-state index in [9.17, 15) is 63.9 Å². The maximum Gasteiger partial charge on any atom is 0.407 e. The molecule has 0 saturated heterocycles. The number of aliphatic hydroxyl groups is 4. The van der Waals surface area contributed by atoms with Crippen molar-refractivity contribution in [2.24, 2.45) is 23.5 Å². The molecule has 0 saturated carbocycles. The SMILES string of the molecule is CC(=O)C(C(O)C(C)C/C=C/COC(=O)NCCCCCCNC(=O)COc1ccc(Sc2c(O)cc(-c3ccccc3)oc2=O)c(C(C)(C)C)c1)N(C)C.CC(=O)[C@H]([C@H](O)[C@H](C)C/C=C/CO)N(C)C.CC(C)(C)c1cc(OCC(=O)NCCCCCCN)ccc1Sc1c(O)cc(-c2ccccc2)oc1=O.CC/C=C/C[C@@H](C)[C@@H](O)[C@@H](C(C)=O)N(C)C.Cl. The van der Waals surface area contributed by atoms with Crippen molar-refractivity contribution in [1.82, 2.24) is 30.7 Å². The number of alkyl carbamates (subject to hydrolysis) is 1. The summed E-state index contributed by atoms with van der Waals surface area (Å²) in [7, 11) is 10.7. The minimum absolute atomic E-state index is 0. The number of carbonyl (C=O) groups excluding carboxylic acids is 6. The highest BCUT2D eigenvalue weighted by Gasteiger charge is 2.33. The highest BCUT2D eigenvalue weighted by molar-refractivity contribution is 7.99. The molecule has 3 amide bonds. The Morgan fingerprint density at radius 3 is 1.15 bits per heavy atom. The molecule has 26 nitrogen and oxygen atoms in total. The Labute approximate surface area is 755 Å². The Morgan fingerprint density at radius 1 is 0.488 bits per heavy atom. The number of aliphatic hydroxyl groups excluding tert-OH is 4. The Morgan fingerprint density at radius 2 is 0.832 bits per heavy atom. The van der Waals surface area contributed by atoms with Gasteiger partial charge in [0.15, 0.2) is 13.2 Å². The lowest BCUT2D eigenvalue weighted by Crippen LogP contribution is -2.47. The van der Waals surface area contributed by atoms with Crippen LogP contribution in [0.25, 0.3) is 22.6 Å². The van der Waals surface area contributed by atoms with Crippen molar-refractivity contribution < 1.29 is 82.5 Å². The third-order valence-electron chi connectivity index (χ3n) is 20.0. The topological polar surface area (TPSA) is 384 Å². The van der Waals surface area contributed by atoms with Crippen molar-refractivity contribution in [3.05, 3.63) is 178 Å². The van der Waals surface area contributed by atoms with Crippen molar-refractivity contribution in [1.29, 1.82) is 0 Å². The molecule has 694 valence electrons. The summed E-state index contributed by atoms with van der Waals surface area (Å²) in [6.45, 7) is 26.7. The minimum atomic E-state index is -0.794. The zero-order chi connectivity index (χ0) is 92.8. The quantitative estimate of drug-likeness (QED) is 0.0125. The van der Waals surface area contributed by atoms with E-state index >= 15 is 0 Å². The summed E-state index contributed by atoms with van der Waals surface area (Å²) in [5, 5.41) is 69.2. The summed E-state index contributed by atoms with van der Waals surface area (Å²) in [5.41, 5.74) is 6.82. The maximum absolute atomic E-state index is 12.9. The van der Waals surface area contributed by atoms with Gasteiger partial charge in [0.2, 0.25) is 0 Å². The van der Waals surface area contributed by atoms with E-state index in [2.05, 4.69) is 35.0 Å². The van der Waals surface area contributed by atoms with Gasteiger partial charge in [0.05, 0.1) is 43.0 Å². The van der Waals surface area contributed by atoms with E-state index < -0.39 is 53.8 Å². The smallest absolute Gasteiger partial charge is 0.407 e. The summed E-state index contributed by atoms with van der Waals surface area (Å²) < 4.78 is 27.8. The van der Waals surface area contributed by atoms with Gasteiger partial charge in [-0.2, -0.15) is 0 Å². The first-order chi connectivity index (χ1) is 58.6. The van der Waals surface area contributed by atoms with E-state index in [1.807, 2.05) is 161 Å². The number of aromatic hydroxyl groups is 2. The number of hydrogen-bond donors (Lipinski definition) is 10. The highest BCUT2D eigenvalue weighted by Crippen LogP contribution is 2.43. The maximum atomic E-state index is 12.9. The van der Waals surface area contributed by atoms with E-state index in [0.29, 0.717) is 67.4 Å². The molecule has 125 heavy (non-hydrogen) atoms. The van der Waals surface area contributed by atoms with Crippen LogP contribution >= 0.6 is 35.9 Å². The normalized spacial score (nSPS) is 13.8. The number of ketones is 3. The highest BCUT2D eigenvalue weighted by atomic mass is 35.5. The van der Waals surface area contributed by atoms with Gasteiger partial charge in [-0.3, -0.25) is 38.7 Å². The Balaban J connectivity index is 0.000000644. The molecule has 0 fully saturated rings. The molecule has 11 N–H and O–H groups in total. The minimum Gasteiger partial charge on any atom is -0.506 e. The second kappa shape index (κ2) is 59.2. The first-order valence-corrected chi connectivity index (χ1v) is 44.2. The molecule has 0 aliphatic rings. The zero-order valence-corrected chi connectivity index (χ0v) is 79.3. The lowest BCUT2D eigenvalue weighted by atomic mass is 9.87. The number of benzene rings is 4. The van der Waals surface area contributed by atoms with Gasteiger partial charge >= 0.3 is 17.3 Å². The van der Waals surface area contributed by atoms with Crippen LogP contribution in [0.3, 0.4) is 0 Å². The number of nitrogens with zero attached hydrogens (tertiary/aromatic N) is 3.